The summed E-state index contributed by atoms with van der Waals surface area (Å²) in [7, 11) is 3.27. The first kappa shape index (κ1) is 25.8. The first-order chi connectivity index (χ1) is 17.8. The maximum atomic E-state index is 13.5. The van der Waals surface area contributed by atoms with E-state index in [2.05, 4.69) is 41.5 Å². The highest BCUT2D eigenvalue weighted by molar-refractivity contribution is 5.97. The van der Waals surface area contributed by atoms with Gasteiger partial charge in [-0.05, 0) is 58.5 Å². The summed E-state index contributed by atoms with van der Waals surface area (Å²) in [6, 6.07) is 23.1. The normalized spacial score (nSPS) is 11.2. The van der Waals surface area contributed by atoms with Gasteiger partial charge in [0.1, 0.15) is 11.5 Å². The summed E-state index contributed by atoms with van der Waals surface area (Å²) in [5.74, 6) is 1.95. The number of nitrogens with zero attached hydrogens (tertiary/aromatic N) is 3. The summed E-state index contributed by atoms with van der Waals surface area (Å²) < 4.78 is 11.9. The van der Waals surface area contributed by atoms with Crippen LogP contribution in [0.1, 0.15) is 47.8 Å². The van der Waals surface area contributed by atoms with Gasteiger partial charge in [-0.2, -0.15) is 9.67 Å². The molecule has 0 unspecified atom stereocenters. The Morgan fingerprint density at radius 1 is 0.838 bits per heavy atom. The van der Waals surface area contributed by atoms with Crippen LogP contribution in [-0.4, -0.2) is 34.9 Å². The topological polar surface area (TPSA) is 90.3 Å². The SMILES string of the molecule is COc1cccc(CNc2nc(NCc3cccc(OC)c3)n(C(=O)c3ccc(C(C)(C)C)cc3)n2)c1. The van der Waals surface area contributed by atoms with Crippen LogP contribution < -0.4 is 20.1 Å². The molecule has 4 aromatic rings. The van der Waals surface area contributed by atoms with Gasteiger partial charge in [0, 0.05) is 18.7 Å². The van der Waals surface area contributed by atoms with Crippen molar-refractivity contribution >= 4 is 17.8 Å². The highest BCUT2D eigenvalue weighted by Crippen LogP contribution is 2.23. The quantitative estimate of drug-likeness (QED) is 0.314. The zero-order valence-electron chi connectivity index (χ0n) is 21.9. The Morgan fingerprint density at radius 3 is 1.95 bits per heavy atom. The second kappa shape index (κ2) is 11.2. The minimum atomic E-state index is -0.268. The van der Waals surface area contributed by atoms with Crippen molar-refractivity contribution in [1.82, 2.24) is 14.8 Å². The third-order valence-corrected chi connectivity index (χ3v) is 5.97. The van der Waals surface area contributed by atoms with E-state index in [-0.39, 0.29) is 11.3 Å². The lowest BCUT2D eigenvalue weighted by Gasteiger charge is -2.19. The van der Waals surface area contributed by atoms with E-state index in [0.29, 0.717) is 30.5 Å². The molecule has 0 aliphatic carbocycles. The third kappa shape index (κ3) is 6.46. The number of methoxy groups -OCH3 is 2. The molecule has 2 N–H and O–H groups in total. The van der Waals surface area contributed by atoms with E-state index in [4.69, 9.17) is 9.47 Å². The molecule has 0 fully saturated rings. The van der Waals surface area contributed by atoms with Crippen molar-refractivity contribution in [1.29, 1.82) is 0 Å². The van der Waals surface area contributed by atoms with E-state index in [1.54, 1.807) is 14.2 Å². The minimum absolute atomic E-state index is 0.00447. The number of carbonyl (C=O) groups excluding carboxylic acids is 1. The van der Waals surface area contributed by atoms with Crippen molar-refractivity contribution in [2.75, 3.05) is 24.9 Å². The highest BCUT2D eigenvalue weighted by Gasteiger charge is 2.20. The molecule has 0 aliphatic heterocycles. The van der Waals surface area contributed by atoms with Crippen molar-refractivity contribution in [3.63, 3.8) is 0 Å². The van der Waals surface area contributed by atoms with Crippen LogP contribution >= 0.6 is 0 Å². The molecular formula is C29H33N5O3. The van der Waals surface area contributed by atoms with E-state index in [0.717, 1.165) is 28.2 Å². The second-order valence-corrected chi connectivity index (χ2v) is 9.71. The van der Waals surface area contributed by atoms with E-state index in [1.807, 2.05) is 72.8 Å². The molecule has 0 spiro atoms. The third-order valence-electron chi connectivity index (χ3n) is 5.97. The average molecular weight is 500 g/mol. The monoisotopic (exact) mass is 499 g/mol. The molecule has 8 heteroatoms. The lowest BCUT2D eigenvalue weighted by molar-refractivity contribution is 0.0947. The van der Waals surface area contributed by atoms with Gasteiger partial charge < -0.3 is 20.1 Å². The lowest BCUT2D eigenvalue weighted by Crippen LogP contribution is -2.18. The van der Waals surface area contributed by atoms with Crippen LogP contribution in [0, 0.1) is 0 Å². The van der Waals surface area contributed by atoms with Crippen LogP contribution in [-0.2, 0) is 18.5 Å². The molecule has 1 heterocycles. The van der Waals surface area contributed by atoms with Gasteiger partial charge >= 0.3 is 0 Å². The first-order valence-electron chi connectivity index (χ1n) is 12.1. The Hall–Kier alpha value is -4.33. The number of hydrogen-bond acceptors (Lipinski definition) is 7. The molecule has 0 atom stereocenters. The Bertz CT molecular complexity index is 1360. The number of carbonyl (C=O) groups is 1. The lowest BCUT2D eigenvalue weighted by atomic mass is 9.87. The van der Waals surface area contributed by atoms with Crippen LogP contribution in [0.2, 0.25) is 0 Å². The summed E-state index contributed by atoms with van der Waals surface area (Å²) in [5.41, 5.74) is 3.67. The fourth-order valence-electron chi connectivity index (χ4n) is 3.81. The van der Waals surface area contributed by atoms with Crippen LogP contribution in [0.3, 0.4) is 0 Å². The molecule has 192 valence electrons. The molecule has 0 amide bonds. The van der Waals surface area contributed by atoms with Gasteiger partial charge in [0.05, 0.1) is 14.2 Å². The van der Waals surface area contributed by atoms with Gasteiger partial charge in [-0.25, -0.2) is 0 Å². The molecular weight excluding hydrogens is 466 g/mol. The van der Waals surface area contributed by atoms with Crippen molar-refractivity contribution in [3.8, 4) is 11.5 Å². The molecule has 0 saturated carbocycles. The van der Waals surface area contributed by atoms with Gasteiger partial charge in [0.15, 0.2) is 0 Å². The zero-order valence-corrected chi connectivity index (χ0v) is 21.9. The predicted molar refractivity (Wildman–Crippen MR) is 146 cm³/mol. The summed E-state index contributed by atoms with van der Waals surface area (Å²) in [6.07, 6.45) is 0. The second-order valence-electron chi connectivity index (χ2n) is 9.71. The Morgan fingerprint density at radius 2 is 1.41 bits per heavy atom. The van der Waals surface area contributed by atoms with Crippen LogP contribution in [0.15, 0.2) is 72.8 Å². The fourth-order valence-corrected chi connectivity index (χ4v) is 3.81. The standard InChI is InChI=1S/C29H33N5O3/c1-29(2,3)23-14-12-22(13-15-23)26(35)34-28(31-19-21-9-7-11-25(17-21)37-5)32-27(33-34)30-18-20-8-6-10-24(16-20)36-4/h6-17H,18-19H2,1-5H3,(H2,30,31,32,33). The molecule has 0 radical (unpaired) electrons. The number of anilines is 2. The largest absolute Gasteiger partial charge is 0.497 e. The van der Waals surface area contributed by atoms with Gasteiger partial charge in [0.25, 0.3) is 5.91 Å². The zero-order chi connectivity index (χ0) is 26.4. The summed E-state index contributed by atoms with van der Waals surface area (Å²) >= 11 is 0. The number of rotatable bonds is 9. The Balaban J connectivity index is 1.58. The molecule has 0 saturated heterocycles. The molecule has 8 nitrogen and oxygen atoms in total. The average Bonchev–Trinajstić information content (AvgIpc) is 3.33. The molecule has 37 heavy (non-hydrogen) atoms. The maximum absolute atomic E-state index is 13.5. The van der Waals surface area contributed by atoms with Gasteiger partial charge in [0.2, 0.25) is 11.9 Å². The smallest absolute Gasteiger partial charge is 0.281 e. The number of aromatic nitrogens is 3. The van der Waals surface area contributed by atoms with Crippen molar-refractivity contribution < 1.29 is 14.3 Å². The van der Waals surface area contributed by atoms with Crippen molar-refractivity contribution in [2.45, 2.75) is 39.3 Å². The number of benzene rings is 3. The Labute approximate surface area is 217 Å². The maximum Gasteiger partial charge on any atom is 0.281 e. The van der Waals surface area contributed by atoms with E-state index in [9.17, 15) is 4.79 Å². The van der Waals surface area contributed by atoms with E-state index in [1.165, 1.54) is 4.68 Å². The first-order valence-corrected chi connectivity index (χ1v) is 12.1. The molecule has 4 rings (SSSR count). The predicted octanol–water partition coefficient (Wildman–Crippen LogP) is 5.51. The van der Waals surface area contributed by atoms with Crippen LogP contribution in [0.25, 0.3) is 0 Å². The molecule has 3 aromatic carbocycles. The molecule has 1 aromatic heterocycles. The van der Waals surface area contributed by atoms with Crippen molar-refractivity contribution in [3.05, 3.63) is 95.1 Å². The van der Waals surface area contributed by atoms with Gasteiger partial charge in [-0.1, -0.05) is 57.2 Å². The van der Waals surface area contributed by atoms with Gasteiger partial charge in [-0.3, -0.25) is 4.79 Å². The summed E-state index contributed by atoms with van der Waals surface area (Å²) in [5, 5.41) is 11.0. The van der Waals surface area contributed by atoms with E-state index >= 15 is 0 Å². The Kier molecular flexibility index (Phi) is 7.77. The number of hydrogen-bond donors (Lipinski definition) is 2. The van der Waals surface area contributed by atoms with Gasteiger partial charge in [-0.15, -0.1) is 5.10 Å². The van der Waals surface area contributed by atoms with Crippen LogP contribution in [0.5, 0.6) is 11.5 Å². The van der Waals surface area contributed by atoms with Crippen molar-refractivity contribution in [2.24, 2.45) is 0 Å². The van der Waals surface area contributed by atoms with E-state index < -0.39 is 0 Å². The summed E-state index contributed by atoms with van der Waals surface area (Å²) in [4.78, 5) is 18.0. The fraction of sp³-hybridized carbons (Fsp3) is 0.276. The number of nitrogens with one attached hydrogen (secondary N) is 2. The van der Waals surface area contributed by atoms with Crippen LogP contribution in [0.4, 0.5) is 11.9 Å². The molecule has 0 bridgehead atoms. The summed E-state index contributed by atoms with van der Waals surface area (Å²) in [6.45, 7) is 7.35. The molecule has 0 aliphatic rings. The highest BCUT2D eigenvalue weighted by atomic mass is 16.5. The number of ether oxygens (including phenoxy) is 2. The minimum Gasteiger partial charge on any atom is -0.497 e.